The van der Waals surface area contributed by atoms with Crippen LogP contribution in [0.25, 0.3) is 0 Å². The molecule has 0 aromatic heterocycles. The molecule has 0 bridgehead atoms. The van der Waals surface area contributed by atoms with Gasteiger partial charge in [-0.3, -0.25) is 4.79 Å². The van der Waals surface area contributed by atoms with Crippen LogP contribution in [0.15, 0.2) is 28.7 Å². The van der Waals surface area contributed by atoms with Crippen molar-refractivity contribution in [2.75, 3.05) is 32.7 Å². The van der Waals surface area contributed by atoms with E-state index in [0.29, 0.717) is 32.7 Å². The number of benzene rings is 1. The topological polar surface area (TPSA) is 52.7 Å². The maximum Gasteiger partial charge on any atom is 0.317 e. The highest BCUT2D eigenvalue weighted by molar-refractivity contribution is 9.10. The second-order valence-corrected chi connectivity index (χ2v) is 7.12. The summed E-state index contributed by atoms with van der Waals surface area (Å²) >= 11 is 3.49. The zero-order valence-corrected chi connectivity index (χ0v) is 14.9. The van der Waals surface area contributed by atoms with Crippen molar-refractivity contribution in [3.63, 3.8) is 0 Å². The monoisotopic (exact) mass is 379 g/mol. The second kappa shape index (κ2) is 6.51. The Morgan fingerprint density at radius 1 is 1.17 bits per heavy atom. The van der Waals surface area contributed by atoms with Crippen LogP contribution in [0, 0.1) is 0 Å². The number of nitrogens with one attached hydrogen (secondary N) is 1. The van der Waals surface area contributed by atoms with E-state index in [0.717, 1.165) is 22.9 Å². The molecule has 0 unspecified atom stereocenters. The number of hydrogen-bond donors (Lipinski definition) is 1. The third-order valence-electron chi connectivity index (χ3n) is 4.72. The third-order valence-corrected chi connectivity index (χ3v) is 5.21. The van der Waals surface area contributed by atoms with Gasteiger partial charge in [-0.25, -0.2) is 4.79 Å². The van der Waals surface area contributed by atoms with Crippen LogP contribution >= 0.6 is 15.9 Å². The number of hydrogen-bond acceptors (Lipinski definition) is 2. The van der Waals surface area contributed by atoms with Crippen molar-refractivity contribution < 1.29 is 9.59 Å². The Bertz CT molecular complexity index is 608. The fourth-order valence-electron chi connectivity index (χ4n) is 3.22. The molecular formula is C17H22BrN3O2. The molecule has 6 heteroatoms. The van der Waals surface area contributed by atoms with Crippen molar-refractivity contribution in [1.82, 2.24) is 15.1 Å². The van der Waals surface area contributed by atoms with E-state index in [1.165, 1.54) is 0 Å². The zero-order chi connectivity index (χ0) is 16.4. The summed E-state index contributed by atoms with van der Waals surface area (Å²) in [6.45, 7) is 4.98. The van der Waals surface area contributed by atoms with Gasteiger partial charge in [0.15, 0.2) is 0 Å². The first-order valence-corrected chi connectivity index (χ1v) is 8.94. The number of carbonyl (C=O) groups excluding carboxylic acids is 2. The SMILES string of the molecule is CCNC(=O)N1CCN(C(=O)C2(c3cccc(Br)c3)CC2)CC1. The minimum absolute atomic E-state index is 0.0345. The van der Waals surface area contributed by atoms with Gasteiger partial charge < -0.3 is 15.1 Å². The number of piperazine rings is 1. The molecule has 0 radical (unpaired) electrons. The van der Waals surface area contributed by atoms with Gasteiger partial charge in [-0.1, -0.05) is 28.1 Å². The van der Waals surface area contributed by atoms with E-state index in [4.69, 9.17) is 0 Å². The molecule has 0 spiro atoms. The summed E-state index contributed by atoms with van der Waals surface area (Å²) in [6.07, 6.45) is 1.83. The average molecular weight is 380 g/mol. The van der Waals surface area contributed by atoms with Crippen LogP contribution in [-0.4, -0.2) is 54.5 Å². The number of carbonyl (C=O) groups is 2. The summed E-state index contributed by atoms with van der Waals surface area (Å²) in [5.74, 6) is 0.214. The van der Waals surface area contributed by atoms with E-state index in [1.54, 1.807) is 4.90 Å². The molecular weight excluding hydrogens is 358 g/mol. The molecule has 1 saturated heterocycles. The smallest absolute Gasteiger partial charge is 0.317 e. The van der Waals surface area contributed by atoms with Crippen molar-refractivity contribution in [2.24, 2.45) is 0 Å². The summed E-state index contributed by atoms with van der Waals surface area (Å²) in [5, 5.41) is 2.81. The fraction of sp³-hybridized carbons (Fsp3) is 0.529. The molecule has 124 valence electrons. The first-order valence-electron chi connectivity index (χ1n) is 8.15. The van der Waals surface area contributed by atoms with Gasteiger partial charge in [-0.05, 0) is 37.5 Å². The minimum Gasteiger partial charge on any atom is -0.338 e. The highest BCUT2D eigenvalue weighted by Gasteiger charge is 2.53. The molecule has 1 N–H and O–H groups in total. The molecule has 1 aliphatic heterocycles. The Morgan fingerprint density at radius 3 is 2.39 bits per heavy atom. The average Bonchev–Trinajstić information content (AvgIpc) is 3.36. The van der Waals surface area contributed by atoms with Crippen LogP contribution in [0.5, 0.6) is 0 Å². The van der Waals surface area contributed by atoms with Crippen LogP contribution in [0.4, 0.5) is 4.79 Å². The van der Waals surface area contributed by atoms with Gasteiger partial charge in [0.05, 0.1) is 5.41 Å². The van der Waals surface area contributed by atoms with Crippen LogP contribution in [0.2, 0.25) is 0 Å². The number of urea groups is 1. The van der Waals surface area contributed by atoms with Gasteiger partial charge >= 0.3 is 6.03 Å². The Balaban J connectivity index is 1.65. The molecule has 1 aromatic rings. The van der Waals surface area contributed by atoms with E-state index in [1.807, 2.05) is 30.0 Å². The number of rotatable bonds is 3. The van der Waals surface area contributed by atoms with Gasteiger partial charge in [0.2, 0.25) is 5.91 Å². The van der Waals surface area contributed by atoms with Gasteiger partial charge in [0.1, 0.15) is 0 Å². The third kappa shape index (κ3) is 3.22. The molecule has 2 aliphatic rings. The van der Waals surface area contributed by atoms with E-state index in [9.17, 15) is 9.59 Å². The quantitative estimate of drug-likeness (QED) is 0.876. The lowest BCUT2D eigenvalue weighted by Crippen LogP contribution is -2.54. The molecule has 1 aliphatic carbocycles. The standard InChI is InChI=1S/C17H22BrN3O2/c1-2-19-16(23)21-10-8-20(9-11-21)15(22)17(6-7-17)13-4-3-5-14(18)12-13/h3-5,12H,2,6-11H2,1H3,(H,19,23). The molecule has 0 atom stereocenters. The molecule has 3 rings (SSSR count). The van der Waals surface area contributed by atoms with Crippen LogP contribution in [0.3, 0.4) is 0 Å². The normalized spacial score (nSPS) is 19.4. The molecule has 5 nitrogen and oxygen atoms in total. The van der Waals surface area contributed by atoms with Crippen LogP contribution < -0.4 is 5.32 Å². The maximum atomic E-state index is 13.0. The Labute approximate surface area is 145 Å². The molecule has 2 fully saturated rings. The van der Waals surface area contributed by atoms with Gasteiger partial charge in [0, 0.05) is 37.2 Å². The maximum absolute atomic E-state index is 13.0. The summed E-state index contributed by atoms with van der Waals surface area (Å²) in [4.78, 5) is 28.5. The number of amides is 3. The molecule has 3 amide bonds. The van der Waals surface area contributed by atoms with Gasteiger partial charge in [-0.2, -0.15) is 0 Å². The molecule has 23 heavy (non-hydrogen) atoms. The Hall–Kier alpha value is -1.56. The minimum atomic E-state index is -0.336. The zero-order valence-electron chi connectivity index (χ0n) is 13.3. The van der Waals surface area contributed by atoms with E-state index in [2.05, 4.69) is 27.3 Å². The van der Waals surface area contributed by atoms with Crippen LogP contribution in [0.1, 0.15) is 25.3 Å². The summed E-state index contributed by atoms with van der Waals surface area (Å²) in [5.41, 5.74) is 0.764. The molecule has 1 heterocycles. The Morgan fingerprint density at radius 2 is 1.83 bits per heavy atom. The summed E-state index contributed by atoms with van der Waals surface area (Å²) in [6, 6.07) is 8.03. The van der Waals surface area contributed by atoms with E-state index >= 15 is 0 Å². The van der Waals surface area contributed by atoms with Crippen molar-refractivity contribution in [1.29, 1.82) is 0 Å². The highest BCUT2D eigenvalue weighted by atomic mass is 79.9. The lowest BCUT2D eigenvalue weighted by atomic mass is 9.94. The van der Waals surface area contributed by atoms with Crippen molar-refractivity contribution in [3.05, 3.63) is 34.3 Å². The van der Waals surface area contributed by atoms with Crippen LogP contribution in [-0.2, 0) is 10.2 Å². The molecule has 1 aromatic carbocycles. The van der Waals surface area contributed by atoms with Gasteiger partial charge in [0.25, 0.3) is 0 Å². The van der Waals surface area contributed by atoms with E-state index < -0.39 is 0 Å². The second-order valence-electron chi connectivity index (χ2n) is 6.21. The summed E-state index contributed by atoms with van der Waals surface area (Å²) < 4.78 is 1.01. The number of halogens is 1. The fourth-order valence-corrected chi connectivity index (χ4v) is 3.61. The lowest BCUT2D eigenvalue weighted by molar-refractivity contribution is -0.135. The van der Waals surface area contributed by atoms with Crippen molar-refractivity contribution >= 4 is 27.9 Å². The van der Waals surface area contributed by atoms with Gasteiger partial charge in [-0.15, -0.1) is 0 Å². The van der Waals surface area contributed by atoms with Crippen molar-refractivity contribution in [2.45, 2.75) is 25.2 Å². The first kappa shape index (κ1) is 16.3. The van der Waals surface area contributed by atoms with Crippen molar-refractivity contribution in [3.8, 4) is 0 Å². The largest absolute Gasteiger partial charge is 0.338 e. The summed E-state index contributed by atoms with van der Waals surface area (Å²) in [7, 11) is 0. The molecule has 1 saturated carbocycles. The number of nitrogens with zero attached hydrogens (tertiary/aromatic N) is 2. The van der Waals surface area contributed by atoms with E-state index in [-0.39, 0.29) is 17.4 Å². The highest BCUT2D eigenvalue weighted by Crippen LogP contribution is 2.50. The predicted octanol–water partition coefficient (Wildman–Crippen LogP) is 2.35. The Kier molecular flexibility index (Phi) is 4.62. The lowest BCUT2D eigenvalue weighted by Gasteiger charge is -2.36. The predicted molar refractivity (Wildman–Crippen MR) is 92.3 cm³/mol. The first-order chi connectivity index (χ1) is 11.1.